The maximum Gasteiger partial charge on any atom is 0.272 e. The van der Waals surface area contributed by atoms with Crippen LogP contribution < -0.4 is 10.6 Å². The van der Waals surface area contributed by atoms with Gasteiger partial charge in [0.2, 0.25) is 0 Å². The van der Waals surface area contributed by atoms with Gasteiger partial charge >= 0.3 is 0 Å². The van der Waals surface area contributed by atoms with Gasteiger partial charge in [-0.05, 0) is 31.6 Å². The molecule has 21 heavy (non-hydrogen) atoms. The van der Waals surface area contributed by atoms with Gasteiger partial charge in [-0.15, -0.1) is 12.4 Å². The summed E-state index contributed by atoms with van der Waals surface area (Å²) in [6.45, 7) is 3.96. The van der Waals surface area contributed by atoms with E-state index in [0.717, 1.165) is 49.5 Å². The van der Waals surface area contributed by atoms with Gasteiger partial charge in [0, 0.05) is 36.8 Å². The Bertz CT molecular complexity index is 480. The van der Waals surface area contributed by atoms with Gasteiger partial charge in [0.05, 0.1) is 0 Å². The molecule has 2 heterocycles. The van der Waals surface area contributed by atoms with E-state index in [1.807, 2.05) is 0 Å². The summed E-state index contributed by atoms with van der Waals surface area (Å²) >= 11 is 0. The quantitative estimate of drug-likeness (QED) is 0.801. The van der Waals surface area contributed by atoms with Crippen molar-refractivity contribution < 1.29 is 4.79 Å². The maximum atomic E-state index is 12.4. The van der Waals surface area contributed by atoms with Gasteiger partial charge < -0.3 is 10.6 Å². The van der Waals surface area contributed by atoms with Crippen LogP contribution in [0.1, 0.15) is 60.8 Å². The Morgan fingerprint density at radius 1 is 1.33 bits per heavy atom. The number of carbonyl (C=O) groups is 1. The average molecular weight is 313 g/mol. The van der Waals surface area contributed by atoms with Gasteiger partial charge in [-0.25, -0.2) is 0 Å². The SMILES string of the molecule is CCC1CCC(NC(=O)c2n[nH]c3c2CNCC3)CC1.Cl. The summed E-state index contributed by atoms with van der Waals surface area (Å²) in [6.07, 6.45) is 6.88. The molecular weight excluding hydrogens is 288 g/mol. The Labute approximate surface area is 132 Å². The van der Waals surface area contributed by atoms with Crippen molar-refractivity contribution >= 4 is 18.3 Å². The van der Waals surface area contributed by atoms with Crippen LogP contribution in [-0.2, 0) is 13.0 Å². The fraction of sp³-hybridized carbons (Fsp3) is 0.733. The topological polar surface area (TPSA) is 69.8 Å². The third-order valence-corrected chi connectivity index (χ3v) is 4.78. The summed E-state index contributed by atoms with van der Waals surface area (Å²) in [6, 6.07) is 0.328. The molecule has 0 saturated heterocycles. The van der Waals surface area contributed by atoms with E-state index in [9.17, 15) is 4.79 Å². The Kier molecular flexibility index (Phi) is 5.65. The number of hydrogen-bond acceptors (Lipinski definition) is 3. The van der Waals surface area contributed by atoms with E-state index in [1.54, 1.807) is 0 Å². The maximum absolute atomic E-state index is 12.4. The Balaban J connectivity index is 0.00000161. The van der Waals surface area contributed by atoms with E-state index >= 15 is 0 Å². The van der Waals surface area contributed by atoms with Crippen LogP contribution >= 0.6 is 12.4 Å². The molecule has 1 amide bonds. The number of halogens is 1. The van der Waals surface area contributed by atoms with Gasteiger partial charge in [0.1, 0.15) is 0 Å². The third-order valence-electron chi connectivity index (χ3n) is 4.78. The predicted octanol–water partition coefficient (Wildman–Crippen LogP) is 2.18. The third kappa shape index (κ3) is 3.58. The number of hydrogen-bond donors (Lipinski definition) is 3. The van der Waals surface area contributed by atoms with Crippen LogP contribution in [0.25, 0.3) is 0 Å². The number of nitrogens with one attached hydrogen (secondary N) is 3. The highest BCUT2D eigenvalue weighted by Gasteiger charge is 2.25. The molecule has 1 aromatic rings. The molecule has 1 saturated carbocycles. The zero-order valence-electron chi connectivity index (χ0n) is 12.6. The normalized spacial score (nSPS) is 24.8. The number of aromatic amines is 1. The van der Waals surface area contributed by atoms with Crippen molar-refractivity contribution in [1.82, 2.24) is 20.8 Å². The molecule has 1 aliphatic heterocycles. The molecule has 6 heteroatoms. The molecule has 3 N–H and O–H groups in total. The van der Waals surface area contributed by atoms with E-state index in [-0.39, 0.29) is 18.3 Å². The van der Waals surface area contributed by atoms with Crippen LogP contribution in [-0.4, -0.2) is 28.7 Å². The van der Waals surface area contributed by atoms with E-state index in [4.69, 9.17) is 0 Å². The Morgan fingerprint density at radius 3 is 2.81 bits per heavy atom. The smallest absolute Gasteiger partial charge is 0.272 e. The average Bonchev–Trinajstić information content (AvgIpc) is 2.92. The lowest BCUT2D eigenvalue weighted by Gasteiger charge is -2.28. The number of rotatable bonds is 3. The lowest BCUT2D eigenvalue weighted by atomic mass is 9.84. The highest BCUT2D eigenvalue weighted by atomic mass is 35.5. The molecule has 0 spiro atoms. The molecule has 2 aliphatic rings. The van der Waals surface area contributed by atoms with Crippen molar-refractivity contribution in [3.05, 3.63) is 17.0 Å². The zero-order chi connectivity index (χ0) is 13.9. The number of amides is 1. The van der Waals surface area contributed by atoms with Crippen molar-refractivity contribution in [2.24, 2.45) is 5.92 Å². The standard InChI is InChI=1S/C15H24N4O.ClH/c1-2-10-3-5-11(6-4-10)17-15(20)14-12-9-16-8-7-13(12)18-19-14;/h10-11,16H,2-9H2,1H3,(H,17,20)(H,18,19);1H. The number of fused-ring (bicyclic) bond motifs is 1. The van der Waals surface area contributed by atoms with E-state index in [1.165, 1.54) is 19.3 Å². The minimum Gasteiger partial charge on any atom is -0.348 e. The van der Waals surface area contributed by atoms with Gasteiger partial charge in [-0.2, -0.15) is 5.10 Å². The van der Waals surface area contributed by atoms with Gasteiger partial charge in [-0.3, -0.25) is 9.89 Å². The van der Waals surface area contributed by atoms with Crippen molar-refractivity contribution in [3.8, 4) is 0 Å². The van der Waals surface area contributed by atoms with Gasteiger partial charge in [-0.1, -0.05) is 13.3 Å². The molecule has 118 valence electrons. The second-order valence-corrected chi connectivity index (χ2v) is 6.06. The summed E-state index contributed by atoms with van der Waals surface area (Å²) in [5, 5.41) is 13.7. The van der Waals surface area contributed by atoms with Crippen LogP contribution in [0.3, 0.4) is 0 Å². The second-order valence-electron chi connectivity index (χ2n) is 6.06. The first-order valence-corrected chi connectivity index (χ1v) is 7.85. The molecule has 0 unspecified atom stereocenters. The first kappa shape index (κ1) is 16.3. The summed E-state index contributed by atoms with van der Waals surface area (Å²) < 4.78 is 0. The highest BCUT2D eigenvalue weighted by molar-refractivity contribution is 5.94. The van der Waals surface area contributed by atoms with Gasteiger partial charge in [0.25, 0.3) is 5.91 Å². The largest absolute Gasteiger partial charge is 0.348 e. The molecule has 1 aliphatic carbocycles. The minimum atomic E-state index is -0.00820. The highest BCUT2D eigenvalue weighted by Crippen LogP contribution is 2.26. The first-order valence-electron chi connectivity index (χ1n) is 7.85. The van der Waals surface area contributed by atoms with E-state index < -0.39 is 0 Å². The Morgan fingerprint density at radius 2 is 2.10 bits per heavy atom. The van der Waals surface area contributed by atoms with Crippen LogP contribution in [0.15, 0.2) is 0 Å². The summed E-state index contributed by atoms with van der Waals surface area (Å²) in [4.78, 5) is 12.4. The number of nitrogens with zero attached hydrogens (tertiary/aromatic N) is 1. The first-order chi connectivity index (χ1) is 9.78. The predicted molar refractivity (Wildman–Crippen MR) is 84.7 cm³/mol. The van der Waals surface area contributed by atoms with E-state index in [0.29, 0.717) is 11.7 Å². The molecule has 0 radical (unpaired) electrons. The van der Waals surface area contributed by atoms with Crippen molar-refractivity contribution in [1.29, 1.82) is 0 Å². The van der Waals surface area contributed by atoms with Crippen LogP contribution in [0.4, 0.5) is 0 Å². The molecule has 0 bridgehead atoms. The molecule has 3 rings (SSSR count). The summed E-state index contributed by atoms with van der Waals surface area (Å²) in [5.74, 6) is 0.844. The van der Waals surface area contributed by atoms with E-state index in [2.05, 4.69) is 27.8 Å². The second kappa shape index (κ2) is 7.27. The molecule has 1 aromatic heterocycles. The summed E-state index contributed by atoms with van der Waals surface area (Å²) in [7, 11) is 0. The van der Waals surface area contributed by atoms with Crippen molar-refractivity contribution in [2.75, 3.05) is 6.54 Å². The lowest BCUT2D eigenvalue weighted by molar-refractivity contribution is 0.0915. The molecular formula is C15H25ClN4O. The molecule has 0 aromatic carbocycles. The monoisotopic (exact) mass is 312 g/mol. The number of H-pyrrole nitrogens is 1. The number of aromatic nitrogens is 2. The van der Waals surface area contributed by atoms with Crippen LogP contribution in [0, 0.1) is 5.92 Å². The number of carbonyl (C=O) groups excluding carboxylic acids is 1. The minimum absolute atomic E-state index is 0. The van der Waals surface area contributed by atoms with Gasteiger partial charge in [0.15, 0.2) is 5.69 Å². The van der Waals surface area contributed by atoms with Crippen LogP contribution in [0.5, 0.6) is 0 Å². The van der Waals surface area contributed by atoms with Crippen LogP contribution in [0.2, 0.25) is 0 Å². The molecule has 5 nitrogen and oxygen atoms in total. The molecule has 0 atom stereocenters. The molecule has 1 fully saturated rings. The zero-order valence-corrected chi connectivity index (χ0v) is 13.4. The van der Waals surface area contributed by atoms with Crippen molar-refractivity contribution in [2.45, 2.75) is 58.0 Å². The Hall–Kier alpha value is -1.07. The summed E-state index contributed by atoms with van der Waals surface area (Å²) in [5.41, 5.74) is 2.75. The lowest BCUT2D eigenvalue weighted by Crippen LogP contribution is -2.38. The fourth-order valence-corrected chi connectivity index (χ4v) is 3.38. The fourth-order valence-electron chi connectivity index (χ4n) is 3.38. The van der Waals surface area contributed by atoms with Crippen molar-refractivity contribution in [3.63, 3.8) is 0 Å².